The van der Waals surface area contributed by atoms with Gasteiger partial charge in [0.25, 0.3) is 10.0 Å². The maximum atomic E-state index is 13.3. The van der Waals surface area contributed by atoms with Gasteiger partial charge in [0.15, 0.2) is 0 Å². The second-order valence-corrected chi connectivity index (χ2v) is 9.32. The minimum absolute atomic E-state index is 0.0494. The zero-order valence-electron chi connectivity index (χ0n) is 16.0. The third-order valence-corrected chi connectivity index (χ3v) is 6.91. The molecule has 1 aromatic heterocycles. The number of halogens is 2. The number of aromatic carboxylic acids is 1. The minimum atomic E-state index is -3.89. The molecule has 0 amide bonds. The van der Waals surface area contributed by atoms with Crippen molar-refractivity contribution >= 4 is 48.6 Å². The number of sulfonamides is 1. The number of rotatable bonds is 5. The van der Waals surface area contributed by atoms with Gasteiger partial charge in [-0.05, 0) is 64.8 Å². The lowest BCUT2D eigenvalue weighted by atomic mass is 10.1. The molecule has 0 spiro atoms. The van der Waals surface area contributed by atoms with E-state index in [1.807, 2.05) is 0 Å². The van der Waals surface area contributed by atoms with Crippen molar-refractivity contribution in [3.05, 3.63) is 82.1 Å². The van der Waals surface area contributed by atoms with Crippen LogP contribution in [0.4, 0.5) is 10.1 Å². The number of carbonyl (C=O) groups is 1. The summed E-state index contributed by atoms with van der Waals surface area (Å²) >= 11 is 3.31. The van der Waals surface area contributed by atoms with Crippen LogP contribution >= 0.6 is 15.9 Å². The first-order valence-electron chi connectivity index (χ1n) is 9.01. The molecule has 0 saturated carbocycles. The lowest BCUT2D eigenvalue weighted by molar-refractivity contribution is 0.0699. The molecule has 2 N–H and O–H groups in total. The smallest absolute Gasteiger partial charge is 0.340 e. The van der Waals surface area contributed by atoms with Crippen LogP contribution in [0.2, 0.25) is 0 Å². The molecule has 6 nitrogen and oxygen atoms in total. The van der Waals surface area contributed by atoms with Gasteiger partial charge in [0.2, 0.25) is 0 Å². The fourth-order valence-electron chi connectivity index (χ4n) is 3.27. The van der Waals surface area contributed by atoms with E-state index in [1.165, 1.54) is 42.5 Å². The molecule has 1 heterocycles. The van der Waals surface area contributed by atoms with E-state index in [0.29, 0.717) is 15.6 Å². The molecule has 4 aromatic rings. The van der Waals surface area contributed by atoms with Crippen molar-refractivity contribution in [2.75, 3.05) is 4.72 Å². The molecule has 9 heteroatoms. The molecule has 0 aliphatic heterocycles. The van der Waals surface area contributed by atoms with Crippen LogP contribution in [0.15, 0.2) is 74.4 Å². The number of hydrogen-bond acceptors (Lipinski definition) is 4. The zero-order chi connectivity index (χ0) is 22.3. The molecule has 4 rings (SSSR count). The van der Waals surface area contributed by atoms with E-state index < -0.39 is 21.8 Å². The summed E-state index contributed by atoms with van der Waals surface area (Å²) in [6.45, 7) is 1.69. The first-order chi connectivity index (χ1) is 14.7. The predicted octanol–water partition coefficient (Wildman–Crippen LogP) is 5.81. The molecule has 158 valence electrons. The Labute approximate surface area is 185 Å². The van der Waals surface area contributed by atoms with Crippen LogP contribution in [0, 0.1) is 12.7 Å². The average molecular weight is 504 g/mol. The maximum absolute atomic E-state index is 13.3. The van der Waals surface area contributed by atoms with Crippen molar-refractivity contribution in [2.45, 2.75) is 11.8 Å². The SMILES string of the molecule is Cc1ccccc1S(=O)(=O)Nc1cc2oc(-c3ccc(F)cc3)c(C(=O)O)c2cc1Br. The Kier molecular flexibility index (Phi) is 5.32. The molecule has 0 radical (unpaired) electrons. The third kappa shape index (κ3) is 3.94. The fraction of sp³-hybridized carbons (Fsp3) is 0.0455. The number of benzene rings is 3. The van der Waals surface area contributed by atoms with E-state index >= 15 is 0 Å². The highest BCUT2D eigenvalue weighted by atomic mass is 79.9. The van der Waals surface area contributed by atoms with Crippen LogP contribution in [-0.4, -0.2) is 19.5 Å². The Morgan fingerprint density at radius 1 is 1.10 bits per heavy atom. The van der Waals surface area contributed by atoms with Crippen molar-refractivity contribution in [3.63, 3.8) is 0 Å². The van der Waals surface area contributed by atoms with Crippen molar-refractivity contribution in [2.24, 2.45) is 0 Å². The minimum Gasteiger partial charge on any atom is -0.478 e. The fourth-order valence-corrected chi connectivity index (χ4v) is 5.16. The highest BCUT2D eigenvalue weighted by Gasteiger charge is 2.24. The number of carboxylic acids is 1. The highest BCUT2D eigenvalue weighted by molar-refractivity contribution is 9.10. The molecular formula is C22H15BrFNO5S. The zero-order valence-corrected chi connectivity index (χ0v) is 18.4. The summed E-state index contributed by atoms with van der Waals surface area (Å²) in [5.74, 6) is -1.64. The van der Waals surface area contributed by atoms with Gasteiger partial charge in [-0.3, -0.25) is 4.72 Å². The second-order valence-electron chi connectivity index (χ2n) is 6.82. The van der Waals surface area contributed by atoms with Gasteiger partial charge in [0, 0.05) is 21.5 Å². The quantitative estimate of drug-likeness (QED) is 0.358. The standard InChI is InChI=1S/C22H15BrFNO5S/c1-12-4-2-3-5-19(12)31(28,29)25-17-11-18-15(10-16(17)23)20(22(26)27)21(30-18)13-6-8-14(24)9-7-13/h2-11,25H,1H3,(H,26,27). The predicted molar refractivity (Wildman–Crippen MR) is 118 cm³/mol. The number of furan rings is 1. The Balaban J connectivity index is 1.85. The molecule has 0 unspecified atom stereocenters. The lowest BCUT2D eigenvalue weighted by Crippen LogP contribution is -2.14. The topological polar surface area (TPSA) is 96.6 Å². The maximum Gasteiger partial charge on any atom is 0.340 e. The summed E-state index contributed by atoms with van der Waals surface area (Å²) in [5.41, 5.74) is 1.22. The molecule has 0 saturated heterocycles. The van der Waals surface area contributed by atoms with Crippen molar-refractivity contribution in [3.8, 4) is 11.3 Å². The van der Waals surface area contributed by atoms with Gasteiger partial charge in [-0.2, -0.15) is 0 Å². The second kappa shape index (κ2) is 7.82. The molecule has 3 aromatic carbocycles. The van der Waals surface area contributed by atoms with E-state index in [-0.39, 0.29) is 32.9 Å². The van der Waals surface area contributed by atoms with Crippen molar-refractivity contribution < 1.29 is 27.1 Å². The Morgan fingerprint density at radius 3 is 2.42 bits per heavy atom. The molecule has 0 aliphatic carbocycles. The van der Waals surface area contributed by atoms with Gasteiger partial charge < -0.3 is 9.52 Å². The number of hydrogen-bond donors (Lipinski definition) is 2. The summed E-state index contributed by atoms with van der Waals surface area (Å²) in [4.78, 5) is 12.0. The number of aryl methyl sites for hydroxylation is 1. The average Bonchev–Trinajstić information content (AvgIpc) is 3.07. The van der Waals surface area contributed by atoms with Crippen LogP contribution in [0.25, 0.3) is 22.3 Å². The van der Waals surface area contributed by atoms with Crippen LogP contribution in [0.1, 0.15) is 15.9 Å². The van der Waals surface area contributed by atoms with Gasteiger partial charge in [-0.15, -0.1) is 0 Å². The highest BCUT2D eigenvalue weighted by Crippen LogP contribution is 2.38. The molecule has 0 fully saturated rings. The van der Waals surface area contributed by atoms with Gasteiger partial charge in [-0.25, -0.2) is 17.6 Å². The summed E-state index contributed by atoms with van der Waals surface area (Å²) in [6, 6.07) is 14.7. The lowest BCUT2D eigenvalue weighted by Gasteiger charge is -2.11. The van der Waals surface area contributed by atoms with Gasteiger partial charge in [0.1, 0.15) is 22.7 Å². The summed E-state index contributed by atoms with van der Waals surface area (Å²) in [5, 5.41) is 10.0. The van der Waals surface area contributed by atoms with E-state index in [1.54, 1.807) is 25.1 Å². The number of carboxylic acid groups (broad SMARTS) is 1. The number of anilines is 1. The Hall–Kier alpha value is -3.17. The van der Waals surface area contributed by atoms with Crippen LogP contribution in [0.3, 0.4) is 0 Å². The van der Waals surface area contributed by atoms with Crippen LogP contribution in [-0.2, 0) is 10.0 Å². The molecular weight excluding hydrogens is 489 g/mol. The molecule has 0 atom stereocenters. The largest absolute Gasteiger partial charge is 0.478 e. The van der Waals surface area contributed by atoms with E-state index in [0.717, 1.165) is 0 Å². The molecule has 0 bridgehead atoms. The summed E-state index contributed by atoms with van der Waals surface area (Å²) < 4.78 is 47.6. The van der Waals surface area contributed by atoms with Crippen molar-refractivity contribution in [1.29, 1.82) is 0 Å². The Morgan fingerprint density at radius 2 is 1.77 bits per heavy atom. The van der Waals surface area contributed by atoms with E-state index in [4.69, 9.17) is 4.42 Å². The van der Waals surface area contributed by atoms with Gasteiger partial charge >= 0.3 is 5.97 Å². The third-order valence-electron chi connectivity index (χ3n) is 4.73. The first-order valence-corrected chi connectivity index (χ1v) is 11.3. The van der Waals surface area contributed by atoms with Crippen LogP contribution < -0.4 is 4.72 Å². The number of nitrogens with one attached hydrogen (secondary N) is 1. The van der Waals surface area contributed by atoms with Crippen LogP contribution in [0.5, 0.6) is 0 Å². The monoisotopic (exact) mass is 503 g/mol. The van der Waals surface area contributed by atoms with Gasteiger partial charge in [0.05, 0.1) is 10.6 Å². The summed E-state index contributed by atoms with van der Waals surface area (Å²) in [7, 11) is -3.89. The van der Waals surface area contributed by atoms with Gasteiger partial charge in [-0.1, -0.05) is 18.2 Å². The number of fused-ring (bicyclic) bond motifs is 1. The first kappa shape index (κ1) is 21.1. The Bertz CT molecular complexity index is 1430. The normalized spacial score (nSPS) is 11.6. The molecule has 0 aliphatic rings. The van der Waals surface area contributed by atoms with E-state index in [2.05, 4.69) is 20.7 Å². The van der Waals surface area contributed by atoms with Crippen molar-refractivity contribution in [1.82, 2.24) is 0 Å². The molecule has 31 heavy (non-hydrogen) atoms. The summed E-state index contributed by atoms with van der Waals surface area (Å²) in [6.07, 6.45) is 0. The van der Waals surface area contributed by atoms with E-state index in [9.17, 15) is 22.7 Å².